The number of amides is 1. The van der Waals surface area contributed by atoms with Gasteiger partial charge in [0.05, 0.1) is 0 Å². The molecular weight excluding hydrogens is 276 g/mol. The highest BCUT2D eigenvalue weighted by atomic mass is 19.1. The lowest BCUT2D eigenvalue weighted by atomic mass is 10.2. The molecule has 0 radical (unpaired) electrons. The number of carbonyl (C=O) groups is 1. The summed E-state index contributed by atoms with van der Waals surface area (Å²) in [6, 6.07) is 3.74. The molecule has 0 aromatic heterocycles. The Morgan fingerprint density at radius 3 is 2.76 bits per heavy atom. The molecule has 0 saturated carbocycles. The predicted octanol–water partition coefficient (Wildman–Crippen LogP) is 1.79. The second kappa shape index (κ2) is 6.85. The molecule has 1 aromatic rings. The monoisotopic (exact) mass is 297 g/mol. The summed E-state index contributed by atoms with van der Waals surface area (Å²) < 4.78 is 27.4. The molecule has 1 aromatic carbocycles. The van der Waals surface area contributed by atoms with Crippen LogP contribution in [-0.2, 0) is 4.79 Å². The van der Waals surface area contributed by atoms with Crippen molar-refractivity contribution < 1.29 is 13.6 Å². The highest BCUT2D eigenvalue weighted by Crippen LogP contribution is 2.26. The maximum atomic E-state index is 13.7. The lowest BCUT2D eigenvalue weighted by Gasteiger charge is -2.20. The van der Waals surface area contributed by atoms with E-state index >= 15 is 0 Å². The highest BCUT2D eigenvalue weighted by Gasteiger charge is 2.27. The number of carbonyl (C=O) groups excluding carboxylic acids is 1. The number of hydrogen-bond donors (Lipinski definition) is 2. The van der Waals surface area contributed by atoms with Crippen molar-refractivity contribution in [3.8, 4) is 0 Å². The molecule has 6 heteroatoms. The molecule has 1 heterocycles. The molecule has 0 bridgehead atoms. The van der Waals surface area contributed by atoms with Crippen LogP contribution in [0.25, 0.3) is 0 Å². The maximum Gasteiger partial charge on any atom is 0.220 e. The van der Waals surface area contributed by atoms with Gasteiger partial charge in [0.2, 0.25) is 5.91 Å². The molecule has 1 aliphatic heterocycles. The Bertz CT molecular complexity index is 487. The van der Waals surface area contributed by atoms with Gasteiger partial charge in [0.15, 0.2) is 0 Å². The molecule has 2 unspecified atom stereocenters. The Hall–Kier alpha value is -1.69. The van der Waals surface area contributed by atoms with Gasteiger partial charge < -0.3 is 16.0 Å². The standard InChI is InChI=1S/C15H21F2N3O/c1-10(18)5-6-14(21)19-11-7-8-20(9-11)15-12(16)3-2-4-13(15)17/h2-4,10-11H,5-9,18H2,1H3,(H,19,21). The van der Waals surface area contributed by atoms with Gasteiger partial charge in [-0.2, -0.15) is 0 Å². The van der Waals surface area contributed by atoms with Crippen LogP contribution < -0.4 is 16.0 Å². The van der Waals surface area contributed by atoms with Crippen molar-refractivity contribution in [1.82, 2.24) is 5.32 Å². The fraction of sp³-hybridized carbons (Fsp3) is 0.533. The largest absolute Gasteiger partial charge is 0.365 e. The van der Waals surface area contributed by atoms with E-state index < -0.39 is 11.6 Å². The third-order valence-electron chi connectivity index (χ3n) is 3.63. The first-order chi connectivity index (χ1) is 9.97. The molecule has 1 amide bonds. The minimum absolute atomic E-state index is 0.00942. The van der Waals surface area contributed by atoms with E-state index in [1.54, 1.807) is 4.90 Å². The van der Waals surface area contributed by atoms with E-state index in [1.165, 1.54) is 18.2 Å². The van der Waals surface area contributed by atoms with E-state index in [9.17, 15) is 13.6 Å². The fourth-order valence-corrected chi connectivity index (χ4v) is 2.53. The summed E-state index contributed by atoms with van der Waals surface area (Å²) in [5.41, 5.74) is 5.60. The number of hydrogen-bond acceptors (Lipinski definition) is 3. The van der Waals surface area contributed by atoms with Gasteiger partial charge in [-0.1, -0.05) is 6.07 Å². The lowest BCUT2D eigenvalue weighted by molar-refractivity contribution is -0.121. The van der Waals surface area contributed by atoms with E-state index in [2.05, 4.69) is 5.32 Å². The summed E-state index contributed by atoms with van der Waals surface area (Å²) in [5, 5.41) is 2.89. The van der Waals surface area contributed by atoms with Gasteiger partial charge in [0.1, 0.15) is 17.3 Å². The van der Waals surface area contributed by atoms with Gasteiger partial charge in [-0.05, 0) is 31.9 Å². The van der Waals surface area contributed by atoms with Gasteiger partial charge in [0.25, 0.3) is 0 Å². The number of rotatable bonds is 5. The average Bonchev–Trinajstić information content (AvgIpc) is 2.84. The van der Waals surface area contributed by atoms with Gasteiger partial charge in [0, 0.05) is 31.6 Å². The van der Waals surface area contributed by atoms with Crippen LogP contribution in [0.2, 0.25) is 0 Å². The molecule has 21 heavy (non-hydrogen) atoms. The van der Waals surface area contributed by atoms with Gasteiger partial charge in [-0.15, -0.1) is 0 Å². The summed E-state index contributed by atoms with van der Waals surface area (Å²) in [5.74, 6) is -1.20. The van der Waals surface area contributed by atoms with Crippen molar-refractivity contribution >= 4 is 11.6 Å². The average molecular weight is 297 g/mol. The lowest BCUT2D eigenvalue weighted by Crippen LogP contribution is -2.37. The third-order valence-corrected chi connectivity index (χ3v) is 3.63. The summed E-state index contributed by atoms with van der Waals surface area (Å²) in [6.45, 7) is 2.80. The second-order valence-electron chi connectivity index (χ2n) is 5.59. The minimum atomic E-state index is -0.570. The van der Waals surface area contributed by atoms with Crippen molar-refractivity contribution in [3.05, 3.63) is 29.8 Å². The third kappa shape index (κ3) is 4.14. The summed E-state index contributed by atoms with van der Waals surface area (Å²) in [4.78, 5) is 13.4. The Kier molecular flexibility index (Phi) is 5.12. The molecule has 0 aliphatic carbocycles. The molecule has 3 N–H and O–H groups in total. The highest BCUT2D eigenvalue weighted by molar-refractivity contribution is 5.76. The van der Waals surface area contributed by atoms with Crippen LogP contribution >= 0.6 is 0 Å². The predicted molar refractivity (Wildman–Crippen MR) is 78.0 cm³/mol. The van der Waals surface area contributed by atoms with Crippen LogP contribution in [0, 0.1) is 11.6 Å². The summed E-state index contributed by atoms with van der Waals surface area (Å²) in [7, 11) is 0. The number of benzene rings is 1. The summed E-state index contributed by atoms with van der Waals surface area (Å²) >= 11 is 0. The number of halogens is 2. The quantitative estimate of drug-likeness (QED) is 0.871. The topological polar surface area (TPSA) is 58.4 Å². The van der Waals surface area contributed by atoms with E-state index in [4.69, 9.17) is 5.73 Å². The SMILES string of the molecule is CC(N)CCC(=O)NC1CCN(c2c(F)cccc2F)C1. The summed E-state index contributed by atoms with van der Waals surface area (Å²) in [6.07, 6.45) is 1.68. The molecular formula is C15H21F2N3O. The van der Waals surface area contributed by atoms with Crippen LogP contribution in [0.4, 0.5) is 14.5 Å². The van der Waals surface area contributed by atoms with Crippen molar-refractivity contribution in [2.45, 2.75) is 38.3 Å². The maximum absolute atomic E-state index is 13.7. The molecule has 2 atom stereocenters. The van der Waals surface area contributed by atoms with E-state index in [0.717, 1.165) is 0 Å². The van der Waals surface area contributed by atoms with Crippen molar-refractivity contribution in [2.24, 2.45) is 5.73 Å². The smallest absolute Gasteiger partial charge is 0.220 e. The molecule has 0 spiro atoms. The molecule has 1 saturated heterocycles. The van der Waals surface area contributed by atoms with Crippen LogP contribution in [0.1, 0.15) is 26.2 Å². The Morgan fingerprint density at radius 2 is 2.14 bits per heavy atom. The molecule has 2 rings (SSSR count). The first-order valence-electron chi connectivity index (χ1n) is 7.21. The van der Waals surface area contributed by atoms with Crippen LogP contribution in [0.3, 0.4) is 0 Å². The Morgan fingerprint density at radius 1 is 1.48 bits per heavy atom. The van der Waals surface area contributed by atoms with Crippen molar-refractivity contribution in [2.75, 3.05) is 18.0 Å². The fourth-order valence-electron chi connectivity index (χ4n) is 2.53. The molecule has 1 fully saturated rings. The first kappa shape index (κ1) is 15.7. The molecule has 4 nitrogen and oxygen atoms in total. The zero-order valence-corrected chi connectivity index (χ0v) is 12.1. The first-order valence-corrected chi connectivity index (χ1v) is 7.21. The van der Waals surface area contributed by atoms with Gasteiger partial charge in [-0.3, -0.25) is 4.79 Å². The van der Waals surface area contributed by atoms with Crippen molar-refractivity contribution in [3.63, 3.8) is 0 Å². The van der Waals surface area contributed by atoms with Gasteiger partial charge >= 0.3 is 0 Å². The van der Waals surface area contributed by atoms with E-state index in [1.807, 2.05) is 6.92 Å². The van der Waals surface area contributed by atoms with Crippen LogP contribution in [0.5, 0.6) is 0 Å². The second-order valence-corrected chi connectivity index (χ2v) is 5.59. The number of para-hydroxylation sites is 1. The van der Waals surface area contributed by atoms with E-state index in [0.29, 0.717) is 32.4 Å². The zero-order chi connectivity index (χ0) is 15.4. The minimum Gasteiger partial charge on any atom is -0.365 e. The van der Waals surface area contributed by atoms with Crippen LogP contribution in [0.15, 0.2) is 18.2 Å². The van der Waals surface area contributed by atoms with E-state index in [-0.39, 0.29) is 23.7 Å². The number of nitrogens with two attached hydrogens (primary N) is 1. The molecule has 116 valence electrons. The number of nitrogens with zero attached hydrogens (tertiary/aromatic N) is 1. The van der Waals surface area contributed by atoms with Crippen molar-refractivity contribution in [1.29, 1.82) is 0 Å². The Labute approximate surface area is 123 Å². The van der Waals surface area contributed by atoms with Gasteiger partial charge in [-0.25, -0.2) is 8.78 Å². The molecule has 1 aliphatic rings. The number of nitrogens with one attached hydrogen (secondary N) is 1. The Balaban J connectivity index is 1.90. The zero-order valence-electron chi connectivity index (χ0n) is 12.1. The number of anilines is 1. The normalized spacial score (nSPS) is 19.6. The van der Waals surface area contributed by atoms with Crippen LogP contribution in [-0.4, -0.2) is 31.1 Å².